The van der Waals surface area contributed by atoms with Crippen molar-refractivity contribution >= 4 is 0 Å². The highest BCUT2D eigenvalue weighted by atomic mass is 14.1. The highest BCUT2D eigenvalue weighted by Gasteiger charge is 2.09. The van der Waals surface area contributed by atoms with Gasteiger partial charge in [-0.3, -0.25) is 0 Å². The molecule has 0 aromatic heterocycles. The zero-order valence-corrected chi connectivity index (χ0v) is 15.2. The van der Waals surface area contributed by atoms with Crippen LogP contribution in [0.25, 0.3) is 33.4 Å². The van der Waals surface area contributed by atoms with E-state index in [4.69, 9.17) is 0 Å². The van der Waals surface area contributed by atoms with E-state index in [-0.39, 0.29) is 0 Å². The Labute approximate surface area is 155 Å². The van der Waals surface area contributed by atoms with Gasteiger partial charge in [0.15, 0.2) is 0 Å². The molecule has 0 heterocycles. The zero-order chi connectivity index (χ0) is 17.9. The molecule has 26 heavy (non-hydrogen) atoms. The van der Waals surface area contributed by atoms with E-state index >= 15 is 0 Å². The van der Waals surface area contributed by atoms with Crippen LogP contribution in [0.2, 0.25) is 0 Å². The zero-order valence-electron chi connectivity index (χ0n) is 15.2. The summed E-state index contributed by atoms with van der Waals surface area (Å²) < 4.78 is 0. The van der Waals surface area contributed by atoms with Crippen LogP contribution < -0.4 is 0 Å². The summed E-state index contributed by atoms with van der Waals surface area (Å²) >= 11 is 0. The lowest BCUT2D eigenvalue weighted by Gasteiger charge is -2.14. The largest absolute Gasteiger partial charge is 0.0622 e. The van der Waals surface area contributed by atoms with Gasteiger partial charge < -0.3 is 0 Å². The first-order chi connectivity index (χ1) is 12.7. The van der Waals surface area contributed by atoms with Crippen LogP contribution in [0.1, 0.15) is 11.1 Å². The van der Waals surface area contributed by atoms with Crippen molar-refractivity contribution in [1.29, 1.82) is 0 Å². The van der Waals surface area contributed by atoms with Crippen molar-refractivity contribution in [2.24, 2.45) is 0 Å². The number of rotatable bonds is 3. The van der Waals surface area contributed by atoms with Crippen LogP contribution in [0.4, 0.5) is 0 Å². The summed E-state index contributed by atoms with van der Waals surface area (Å²) in [5.74, 6) is 0. The van der Waals surface area contributed by atoms with E-state index in [1.807, 2.05) is 0 Å². The summed E-state index contributed by atoms with van der Waals surface area (Å²) in [6, 6.07) is 34.7. The monoisotopic (exact) mass is 334 g/mol. The van der Waals surface area contributed by atoms with Crippen molar-refractivity contribution in [3.8, 4) is 33.4 Å². The van der Waals surface area contributed by atoms with Crippen molar-refractivity contribution in [1.82, 2.24) is 0 Å². The molecule has 0 N–H and O–H groups in total. The van der Waals surface area contributed by atoms with Gasteiger partial charge in [0.25, 0.3) is 0 Å². The Morgan fingerprint density at radius 2 is 0.769 bits per heavy atom. The molecule has 0 atom stereocenters. The topological polar surface area (TPSA) is 0 Å². The van der Waals surface area contributed by atoms with Crippen molar-refractivity contribution in [2.75, 3.05) is 0 Å². The first-order valence-electron chi connectivity index (χ1n) is 9.05. The van der Waals surface area contributed by atoms with E-state index in [1.165, 1.54) is 44.5 Å². The molecular formula is C26H22. The smallest absolute Gasteiger partial charge is 0.0146 e. The van der Waals surface area contributed by atoms with Gasteiger partial charge in [-0.2, -0.15) is 0 Å². The van der Waals surface area contributed by atoms with Gasteiger partial charge in [-0.25, -0.2) is 0 Å². The van der Waals surface area contributed by atoms with Crippen molar-refractivity contribution in [2.45, 2.75) is 13.8 Å². The molecule has 0 aliphatic rings. The molecule has 0 aliphatic carbocycles. The van der Waals surface area contributed by atoms with Gasteiger partial charge in [0.05, 0.1) is 0 Å². The summed E-state index contributed by atoms with van der Waals surface area (Å²) in [5, 5.41) is 0. The number of aryl methyl sites for hydroxylation is 2. The van der Waals surface area contributed by atoms with Crippen LogP contribution in [0, 0.1) is 13.8 Å². The molecule has 4 aromatic rings. The van der Waals surface area contributed by atoms with Crippen LogP contribution in [0.3, 0.4) is 0 Å². The second-order valence-corrected chi connectivity index (χ2v) is 6.79. The molecule has 0 fully saturated rings. The minimum Gasteiger partial charge on any atom is -0.0622 e. The predicted molar refractivity (Wildman–Crippen MR) is 112 cm³/mol. The second kappa shape index (κ2) is 7.01. The SMILES string of the molecule is Cc1ccc(-c2ccccc2)cc1-c1cc(-c2ccccc2)ccc1C. The maximum Gasteiger partial charge on any atom is -0.0146 e. The first kappa shape index (κ1) is 16.4. The van der Waals surface area contributed by atoms with Crippen LogP contribution in [0.5, 0.6) is 0 Å². The third-order valence-electron chi connectivity index (χ3n) is 4.98. The van der Waals surface area contributed by atoms with E-state index in [2.05, 4.69) is 111 Å². The maximum absolute atomic E-state index is 2.32. The Morgan fingerprint density at radius 1 is 0.385 bits per heavy atom. The van der Waals surface area contributed by atoms with E-state index in [0.717, 1.165) is 0 Å². The summed E-state index contributed by atoms with van der Waals surface area (Å²) in [7, 11) is 0. The lowest BCUT2D eigenvalue weighted by Crippen LogP contribution is -1.90. The normalized spacial score (nSPS) is 10.7. The summed E-state index contributed by atoms with van der Waals surface area (Å²) in [5.41, 5.74) is 10.3. The molecule has 0 spiro atoms. The van der Waals surface area contributed by atoms with E-state index < -0.39 is 0 Å². The highest BCUT2D eigenvalue weighted by Crippen LogP contribution is 2.34. The minimum absolute atomic E-state index is 1.26. The van der Waals surface area contributed by atoms with Crippen LogP contribution in [-0.4, -0.2) is 0 Å². The Bertz CT molecular complexity index is 941. The molecule has 0 saturated carbocycles. The van der Waals surface area contributed by atoms with Gasteiger partial charge in [-0.1, -0.05) is 84.9 Å². The molecule has 126 valence electrons. The molecule has 0 aliphatic heterocycles. The van der Waals surface area contributed by atoms with Crippen molar-refractivity contribution < 1.29 is 0 Å². The van der Waals surface area contributed by atoms with Crippen LogP contribution in [0.15, 0.2) is 97.1 Å². The highest BCUT2D eigenvalue weighted by molar-refractivity contribution is 5.80. The molecule has 0 saturated heterocycles. The molecule has 0 nitrogen and oxygen atoms in total. The molecule has 0 heteroatoms. The fourth-order valence-corrected chi connectivity index (χ4v) is 3.44. The molecule has 0 amide bonds. The summed E-state index contributed by atoms with van der Waals surface area (Å²) in [6.45, 7) is 4.39. The van der Waals surface area contributed by atoms with Gasteiger partial charge in [0.2, 0.25) is 0 Å². The first-order valence-corrected chi connectivity index (χ1v) is 9.05. The van der Waals surface area contributed by atoms with Gasteiger partial charge in [0.1, 0.15) is 0 Å². The van der Waals surface area contributed by atoms with E-state index in [9.17, 15) is 0 Å². The fourth-order valence-electron chi connectivity index (χ4n) is 3.44. The Balaban J connectivity index is 1.85. The van der Waals surface area contributed by atoms with E-state index in [1.54, 1.807) is 0 Å². The van der Waals surface area contributed by atoms with Crippen molar-refractivity contribution in [3.05, 3.63) is 108 Å². The summed E-state index contributed by atoms with van der Waals surface area (Å²) in [6.07, 6.45) is 0. The predicted octanol–water partition coefficient (Wildman–Crippen LogP) is 7.30. The van der Waals surface area contributed by atoms with E-state index in [0.29, 0.717) is 0 Å². The average molecular weight is 334 g/mol. The average Bonchev–Trinajstić information content (AvgIpc) is 2.70. The molecular weight excluding hydrogens is 312 g/mol. The molecule has 0 radical (unpaired) electrons. The maximum atomic E-state index is 2.32. The van der Waals surface area contributed by atoms with Gasteiger partial charge in [0, 0.05) is 0 Å². The van der Waals surface area contributed by atoms with Crippen molar-refractivity contribution in [3.63, 3.8) is 0 Å². The Kier molecular flexibility index (Phi) is 4.41. The minimum atomic E-state index is 1.26. The second-order valence-electron chi connectivity index (χ2n) is 6.79. The number of hydrogen-bond acceptors (Lipinski definition) is 0. The third kappa shape index (κ3) is 3.19. The third-order valence-corrected chi connectivity index (χ3v) is 4.98. The van der Waals surface area contributed by atoms with Gasteiger partial charge >= 0.3 is 0 Å². The lowest BCUT2D eigenvalue weighted by molar-refractivity contribution is 1.40. The fraction of sp³-hybridized carbons (Fsp3) is 0.0769. The van der Waals surface area contributed by atoms with Gasteiger partial charge in [-0.05, 0) is 70.5 Å². The quantitative estimate of drug-likeness (QED) is 0.368. The van der Waals surface area contributed by atoms with Crippen LogP contribution in [-0.2, 0) is 0 Å². The summed E-state index contributed by atoms with van der Waals surface area (Å²) in [4.78, 5) is 0. The van der Waals surface area contributed by atoms with Crippen LogP contribution >= 0.6 is 0 Å². The number of hydrogen-bond donors (Lipinski definition) is 0. The molecule has 0 bridgehead atoms. The van der Waals surface area contributed by atoms with Gasteiger partial charge in [-0.15, -0.1) is 0 Å². The lowest BCUT2D eigenvalue weighted by atomic mass is 9.90. The molecule has 0 unspecified atom stereocenters. The number of benzene rings is 4. The Hall–Kier alpha value is -3.12. The molecule has 4 rings (SSSR count). The molecule has 4 aromatic carbocycles. The standard InChI is InChI=1S/C26H22/c1-19-13-15-23(21-9-5-3-6-10-21)17-25(19)26-18-24(16-14-20(26)2)22-11-7-4-8-12-22/h3-18H,1-2H3. The Morgan fingerprint density at radius 3 is 1.15 bits per heavy atom.